The first-order chi connectivity index (χ1) is 56.5. The second kappa shape index (κ2) is 44.9. The fourth-order valence-corrected chi connectivity index (χ4v) is 12.1. The summed E-state index contributed by atoms with van der Waals surface area (Å²) in [4.78, 5) is 85.5. The van der Waals surface area contributed by atoms with E-state index in [1.165, 1.54) is 26.2 Å². The largest absolute Gasteiger partial charge is 0.392 e. The molecule has 1 unspecified atom stereocenters. The molecule has 1 fully saturated rings. The number of anilines is 4. The first-order valence-electron chi connectivity index (χ1n) is 38.9. The summed E-state index contributed by atoms with van der Waals surface area (Å²) in [6.45, 7) is 9.30. The second-order valence-corrected chi connectivity index (χ2v) is 28.2. The topological polar surface area (TPSA) is 300 Å². The third kappa shape index (κ3) is 27.0. The van der Waals surface area contributed by atoms with Crippen LogP contribution in [0.25, 0.3) is 93.6 Å². The molecule has 20 heteroatoms. The van der Waals surface area contributed by atoms with Crippen LogP contribution in [-0.4, -0.2) is 83.9 Å². The molecule has 1 aliphatic rings. The van der Waals surface area contributed by atoms with Crippen molar-refractivity contribution < 1.29 is 39.6 Å². The minimum Gasteiger partial charge on any atom is -0.392 e. The van der Waals surface area contributed by atoms with E-state index < -0.39 is 0 Å². The van der Waals surface area contributed by atoms with E-state index in [1.807, 2.05) is 295 Å². The number of amides is 4. The van der Waals surface area contributed by atoms with Gasteiger partial charge >= 0.3 is 0 Å². The van der Waals surface area contributed by atoms with Gasteiger partial charge in [-0.2, -0.15) is 0 Å². The molecule has 0 bridgehead atoms. The van der Waals surface area contributed by atoms with E-state index in [9.17, 15) is 34.5 Å². The van der Waals surface area contributed by atoms with E-state index in [0.717, 1.165) is 86.0 Å². The molecule has 13 rings (SSSR count). The van der Waals surface area contributed by atoms with Crippen molar-refractivity contribution in [1.82, 2.24) is 39.9 Å². The predicted octanol–water partition coefficient (Wildman–Crippen LogP) is 19.1. The molecule has 4 aromatic heterocycles. The molecule has 8 aromatic carbocycles. The quantitative estimate of drug-likeness (QED) is 0.0250. The third-order valence-electron chi connectivity index (χ3n) is 18.8. The van der Waals surface area contributed by atoms with Crippen molar-refractivity contribution >= 4 is 95.5 Å². The van der Waals surface area contributed by atoms with Gasteiger partial charge < -0.3 is 41.7 Å². The van der Waals surface area contributed by atoms with Crippen molar-refractivity contribution in [2.45, 2.75) is 112 Å². The van der Waals surface area contributed by atoms with E-state index in [-0.39, 0.29) is 61.9 Å². The number of nitrogens with zero attached hydrogens (tertiary/aromatic N) is 8. The number of benzene rings is 8. The SMILES string of the molecule is CC(=O)Nc1ncc(-c2ccc(CO)cc2)nc1/C=C/c1ccccc1.CC(C)CC(=O)Nc1ncc(-c2ccc(CO)cc2)nc1/C=C/c1ccccc1.CCC(C)C(=O)Nc1ncc(-c2ccc(CO)cc2)nc1/C=C/c1ccccc1.O=C(CC1CCCCC1)Nc1ncc(-c2ccc(CO)cc2)nc1/C=C/c1ccccc1. The maximum atomic E-state index is 12.7. The summed E-state index contributed by atoms with van der Waals surface area (Å²) in [6, 6.07) is 69.7. The van der Waals surface area contributed by atoms with Crippen molar-refractivity contribution in [3.05, 3.63) is 310 Å². The van der Waals surface area contributed by atoms with Crippen LogP contribution < -0.4 is 21.3 Å². The Labute approximate surface area is 678 Å². The van der Waals surface area contributed by atoms with Crippen LogP contribution in [0.1, 0.15) is 153 Å². The van der Waals surface area contributed by atoms with Gasteiger partial charge in [0.25, 0.3) is 0 Å². The molecule has 4 amide bonds. The predicted molar refractivity (Wildman–Crippen MR) is 465 cm³/mol. The molecular weight excluding hydrogens is 1450 g/mol. The van der Waals surface area contributed by atoms with Crippen LogP contribution in [-0.2, 0) is 45.6 Å². The van der Waals surface area contributed by atoms with Gasteiger partial charge in [0.2, 0.25) is 23.6 Å². The molecule has 12 aromatic rings. The minimum atomic E-state index is -0.200. The van der Waals surface area contributed by atoms with Crippen molar-refractivity contribution in [2.24, 2.45) is 17.8 Å². The Morgan fingerprint density at radius 2 is 0.655 bits per heavy atom. The summed E-state index contributed by atoms with van der Waals surface area (Å²) in [5.74, 6) is 2.05. The number of aromatic nitrogens is 8. The van der Waals surface area contributed by atoms with E-state index in [4.69, 9.17) is 20.1 Å². The van der Waals surface area contributed by atoms with Crippen LogP contribution in [0, 0.1) is 17.8 Å². The summed E-state index contributed by atoms with van der Waals surface area (Å²) >= 11 is 0. The lowest BCUT2D eigenvalue weighted by Gasteiger charge is -2.20. The lowest BCUT2D eigenvalue weighted by molar-refractivity contribution is -0.119. The van der Waals surface area contributed by atoms with Gasteiger partial charge in [-0.05, 0) is 99.9 Å². The standard InChI is InChI=1S/C27H29N3O2.2C24H25N3O2.C21H19N3O2/c31-19-22-11-14-23(15-12-22)25-18-28-27(30-26(32)17-21-9-5-2-6-10-21)24(29-25)16-13-20-7-3-1-4-8-20;1-17(2)14-23(29)27-24-21(13-10-18-6-4-3-5-7-18)26-22(15-25-24)20-11-8-19(16-28)9-12-20;1-3-17(2)24(29)27-23-21(14-11-18-7-5-4-6-8-18)26-22(15-25-23)20-12-9-19(16-28)10-13-20;1-15(26)23-21-19(12-9-16-5-3-2-4-6-16)24-20(13-22-21)18-10-7-17(14-25)8-11-18/h1,3-4,7-8,11-16,18,21,31H,2,5-6,9-10,17,19H2,(H,28,30,32);3-13,15,17,28H,14,16H2,1-2H3,(H,25,27,29);4-15,17,28H,3,16H2,1-2H3,(H,25,27,29);2-13,25H,14H2,1H3,(H,22,23,26)/b16-13+;13-10+;14-11+;12-9+. The van der Waals surface area contributed by atoms with E-state index in [0.29, 0.717) is 87.6 Å². The van der Waals surface area contributed by atoms with E-state index in [1.54, 1.807) is 24.8 Å². The minimum absolute atomic E-state index is 0.000565. The molecular formula is C96H98N12O8. The van der Waals surface area contributed by atoms with Crippen LogP contribution in [0.15, 0.2) is 243 Å². The normalized spacial score (nSPS) is 12.3. The van der Waals surface area contributed by atoms with E-state index >= 15 is 0 Å². The Hall–Kier alpha value is -13.2. The number of carbonyl (C=O) groups is 4. The van der Waals surface area contributed by atoms with Crippen molar-refractivity contribution in [1.29, 1.82) is 0 Å². The summed E-state index contributed by atoms with van der Waals surface area (Å²) in [5, 5.41) is 48.4. The zero-order valence-electron chi connectivity index (χ0n) is 65.9. The van der Waals surface area contributed by atoms with Gasteiger partial charge in [-0.3, -0.25) is 19.2 Å². The molecule has 1 atom stereocenters. The van der Waals surface area contributed by atoms with Gasteiger partial charge in [0, 0.05) is 47.9 Å². The fraction of sp³-hybridized carbons (Fsp3) is 0.208. The highest BCUT2D eigenvalue weighted by Gasteiger charge is 2.21. The molecule has 4 heterocycles. The van der Waals surface area contributed by atoms with Crippen molar-refractivity contribution in [3.63, 3.8) is 0 Å². The molecule has 0 aliphatic heterocycles. The molecule has 1 saturated carbocycles. The molecule has 590 valence electrons. The number of rotatable bonds is 26. The van der Waals surface area contributed by atoms with Crippen LogP contribution in [0.2, 0.25) is 0 Å². The van der Waals surface area contributed by atoms with Gasteiger partial charge in [0.15, 0.2) is 23.3 Å². The molecule has 20 nitrogen and oxygen atoms in total. The van der Waals surface area contributed by atoms with Gasteiger partial charge in [-0.25, -0.2) is 39.9 Å². The lowest BCUT2D eigenvalue weighted by atomic mass is 9.87. The Bertz CT molecular complexity index is 5260. The Kier molecular flexibility index (Phi) is 32.9. The lowest BCUT2D eigenvalue weighted by Crippen LogP contribution is -2.21. The van der Waals surface area contributed by atoms with Crippen molar-refractivity contribution in [2.75, 3.05) is 21.3 Å². The number of hydrogen-bond acceptors (Lipinski definition) is 16. The van der Waals surface area contributed by atoms with Gasteiger partial charge in [0.05, 0.1) is 74.0 Å². The van der Waals surface area contributed by atoms with Crippen molar-refractivity contribution in [3.8, 4) is 45.0 Å². The number of hydrogen-bond donors (Lipinski definition) is 8. The highest BCUT2D eigenvalue weighted by atomic mass is 16.3. The van der Waals surface area contributed by atoms with Crippen LogP contribution in [0.3, 0.4) is 0 Å². The monoisotopic (exact) mass is 1550 g/mol. The zero-order chi connectivity index (χ0) is 81.8. The Balaban J connectivity index is 0.000000164. The highest BCUT2D eigenvalue weighted by Crippen LogP contribution is 2.30. The van der Waals surface area contributed by atoms with Gasteiger partial charge in [-0.15, -0.1) is 0 Å². The fourth-order valence-electron chi connectivity index (χ4n) is 12.1. The first-order valence-corrected chi connectivity index (χ1v) is 38.9. The number of aliphatic hydroxyl groups is 4. The average molecular weight is 1550 g/mol. The zero-order valence-corrected chi connectivity index (χ0v) is 65.9. The Morgan fingerprint density at radius 3 is 0.931 bits per heavy atom. The molecule has 0 radical (unpaired) electrons. The van der Waals surface area contributed by atoms with Gasteiger partial charge in [-0.1, -0.05) is 290 Å². The highest BCUT2D eigenvalue weighted by molar-refractivity contribution is 5.95. The van der Waals surface area contributed by atoms with E-state index in [2.05, 4.69) is 46.2 Å². The maximum absolute atomic E-state index is 12.7. The maximum Gasteiger partial charge on any atom is 0.228 e. The first kappa shape index (κ1) is 85.2. The van der Waals surface area contributed by atoms with Crippen LogP contribution >= 0.6 is 0 Å². The molecule has 0 saturated heterocycles. The average Bonchev–Trinajstić information content (AvgIpc) is 0.839. The number of aliphatic hydroxyl groups excluding tert-OH is 4. The van der Waals surface area contributed by atoms with Crippen LogP contribution in [0.4, 0.5) is 23.3 Å². The smallest absolute Gasteiger partial charge is 0.228 e. The molecule has 8 N–H and O–H groups in total. The summed E-state index contributed by atoms with van der Waals surface area (Å²) < 4.78 is 0. The number of nitrogens with one attached hydrogen (secondary N) is 4. The van der Waals surface area contributed by atoms with Gasteiger partial charge in [0.1, 0.15) is 22.8 Å². The molecule has 116 heavy (non-hydrogen) atoms. The Morgan fingerprint density at radius 1 is 0.371 bits per heavy atom. The summed E-state index contributed by atoms with van der Waals surface area (Å²) in [7, 11) is 0. The summed E-state index contributed by atoms with van der Waals surface area (Å²) in [6.07, 6.45) is 29.5. The third-order valence-corrected chi connectivity index (χ3v) is 18.8. The summed E-state index contributed by atoms with van der Waals surface area (Å²) in [5.41, 5.74) is 16.3. The number of carbonyl (C=O) groups excluding carboxylic acids is 4. The second-order valence-electron chi connectivity index (χ2n) is 28.2. The molecule has 0 spiro atoms. The molecule has 1 aliphatic carbocycles. The van der Waals surface area contributed by atoms with Crippen LogP contribution in [0.5, 0.6) is 0 Å².